The summed E-state index contributed by atoms with van der Waals surface area (Å²) in [6.45, 7) is 6.25. The van der Waals surface area contributed by atoms with E-state index in [4.69, 9.17) is 11.6 Å². The van der Waals surface area contributed by atoms with Gasteiger partial charge in [0.15, 0.2) is 0 Å². The van der Waals surface area contributed by atoms with Crippen LogP contribution in [-0.2, 0) is 11.3 Å². The average Bonchev–Trinajstić information content (AvgIpc) is 2.60. The Balaban J connectivity index is 1.69. The maximum atomic E-state index is 12.5. The second kappa shape index (κ2) is 8.04. The zero-order chi connectivity index (χ0) is 18.7. The van der Waals surface area contributed by atoms with Gasteiger partial charge in [-0.15, -0.1) is 0 Å². The molecule has 1 amide bonds. The Labute approximate surface area is 158 Å². The summed E-state index contributed by atoms with van der Waals surface area (Å²) in [5.41, 5.74) is 1.37. The first-order chi connectivity index (χ1) is 12.4. The van der Waals surface area contributed by atoms with E-state index >= 15 is 0 Å². The molecule has 0 saturated carbocycles. The largest absolute Gasteiger partial charge is 0.342 e. The molecule has 1 saturated heterocycles. The molecule has 1 aromatic heterocycles. The van der Waals surface area contributed by atoms with Crippen molar-refractivity contribution in [1.82, 2.24) is 14.7 Å². The summed E-state index contributed by atoms with van der Waals surface area (Å²) in [5.74, 6) is 1.14. The van der Waals surface area contributed by atoms with Crippen LogP contribution in [0.2, 0.25) is 5.02 Å². The molecule has 1 fully saturated rings. The van der Waals surface area contributed by atoms with E-state index in [-0.39, 0.29) is 17.9 Å². The molecule has 138 valence electrons. The van der Waals surface area contributed by atoms with Gasteiger partial charge in [-0.25, -0.2) is 4.68 Å². The Morgan fingerprint density at radius 3 is 2.42 bits per heavy atom. The van der Waals surface area contributed by atoms with Crippen LogP contribution in [0.3, 0.4) is 0 Å². The smallest absolute Gasteiger partial charge is 0.266 e. The van der Waals surface area contributed by atoms with Crippen molar-refractivity contribution in [3.63, 3.8) is 0 Å². The molecule has 5 nitrogen and oxygen atoms in total. The minimum Gasteiger partial charge on any atom is -0.342 e. The zero-order valence-electron chi connectivity index (χ0n) is 15.2. The van der Waals surface area contributed by atoms with E-state index in [2.05, 4.69) is 18.9 Å². The molecule has 0 radical (unpaired) electrons. The number of amides is 1. The van der Waals surface area contributed by atoms with Crippen molar-refractivity contribution >= 4 is 17.5 Å². The Morgan fingerprint density at radius 1 is 1.12 bits per heavy atom. The highest BCUT2D eigenvalue weighted by Crippen LogP contribution is 2.21. The third kappa shape index (κ3) is 4.52. The van der Waals surface area contributed by atoms with Crippen LogP contribution in [0.25, 0.3) is 11.3 Å². The van der Waals surface area contributed by atoms with Gasteiger partial charge in [-0.05, 0) is 36.5 Å². The van der Waals surface area contributed by atoms with Gasteiger partial charge < -0.3 is 4.90 Å². The maximum Gasteiger partial charge on any atom is 0.266 e. The highest BCUT2D eigenvalue weighted by atomic mass is 35.5. The summed E-state index contributed by atoms with van der Waals surface area (Å²) < 4.78 is 1.37. The molecule has 3 rings (SSSR count). The minimum atomic E-state index is -0.198. The Bertz CT molecular complexity index is 822. The third-order valence-corrected chi connectivity index (χ3v) is 5.02. The number of piperidine rings is 1. The summed E-state index contributed by atoms with van der Waals surface area (Å²) in [7, 11) is 0. The van der Waals surface area contributed by atoms with Crippen molar-refractivity contribution in [3.8, 4) is 11.3 Å². The van der Waals surface area contributed by atoms with Gasteiger partial charge in [0.2, 0.25) is 5.91 Å². The molecular formula is C20H24ClN3O2. The van der Waals surface area contributed by atoms with E-state index in [1.807, 2.05) is 17.0 Å². The van der Waals surface area contributed by atoms with Crippen LogP contribution in [-0.4, -0.2) is 33.7 Å². The molecule has 0 N–H and O–H groups in total. The number of benzene rings is 1. The standard InChI is InChI=1S/C20H24ClN3O2/c1-14-11-15(2)13-23(12-14)19(25)9-10-24-20(26)8-7-18(22-24)16-3-5-17(21)6-4-16/h3-8,14-15H,9-13H2,1-2H3/t14-,15+. The van der Waals surface area contributed by atoms with Crippen LogP contribution in [0.4, 0.5) is 0 Å². The number of hydrogen-bond acceptors (Lipinski definition) is 3. The lowest BCUT2D eigenvalue weighted by atomic mass is 9.92. The number of likely N-dealkylation sites (tertiary alicyclic amines) is 1. The molecule has 0 bridgehead atoms. The molecule has 1 aliphatic rings. The highest BCUT2D eigenvalue weighted by molar-refractivity contribution is 6.30. The Morgan fingerprint density at radius 2 is 1.77 bits per heavy atom. The molecule has 6 heteroatoms. The van der Waals surface area contributed by atoms with E-state index in [0.717, 1.165) is 25.1 Å². The molecule has 2 atom stereocenters. The van der Waals surface area contributed by atoms with Gasteiger partial charge in [0.25, 0.3) is 5.56 Å². The van der Waals surface area contributed by atoms with Crippen molar-refractivity contribution in [2.75, 3.05) is 13.1 Å². The topological polar surface area (TPSA) is 55.2 Å². The third-order valence-electron chi connectivity index (χ3n) is 4.77. The zero-order valence-corrected chi connectivity index (χ0v) is 15.9. The average molecular weight is 374 g/mol. The second-order valence-electron chi connectivity index (χ2n) is 7.28. The molecule has 2 aromatic rings. The first-order valence-corrected chi connectivity index (χ1v) is 9.42. The minimum absolute atomic E-state index is 0.0917. The number of halogens is 1. The van der Waals surface area contributed by atoms with Gasteiger partial charge in [-0.1, -0.05) is 37.6 Å². The maximum absolute atomic E-state index is 12.5. The summed E-state index contributed by atoms with van der Waals surface area (Å²) in [6.07, 6.45) is 1.45. The predicted molar refractivity (Wildman–Crippen MR) is 103 cm³/mol. The van der Waals surface area contributed by atoms with Gasteiger partial charge in [-0.3, -0.25) is 9.59 Å². The van der Waals surface area contributed by atoms with E-state index < -0.39 is 0 Å². The van der Waals surface area contributed by atoms with Crippen LogP contribution < -0.4 is 5.56 Å². The lowest BCUT2D eigenvalue weighted by Gasteiger charge is -2.35. The summed E-state index contributed by atoms with van der Waals surface area (Å²) in [5, 5.41) is 5.06. The van der Waals surface area contributed by atoms with Crippen LogP contribution in [0.5, 0.6) is 0 Å². The fourth-order valence-corrected chi connectivity index (χ4v) is 3.74. The number of aryl methyl sites for hydroxylation is 1. The van der Waals surface area contributed by atoms with Gasteiger partial charge in [0.05, 0.1) is 12.2 Å². The van der Waals surface area contributed by atoms with Gasteiger partial charge in [0, 0.05) is 36.2 Å². The van der Waals surface area contributed by atoms with Crippen LogP contribution in [0, 0.1) is 11.8 Å². The molecule has 0 unspecified atom stereocenters. The number of rotatable bonds is 4. The van der Waals surface area contributed by atoms with Crippen molar-refractivity contribution in [2.45, 2.75) is 33.2 Å². The van der Waals surface area contributed by atoms with Crippen LogP contribution in [0.1, 0.15) is 26.7 Å². The predicted octanol–water partition coefficient (Wildman–Crippen LogP) is 3.46. The fourth-order valence-electron chi connectivity index (χ4n) is 3.61. The highest BCUT2D eigenvalue weighted by Gasteiger charge is 2.25. The molecule has 0 aliphatic carbocycles. The second-order valence-corrected chi connectivity index (χ2v) is 7.72. The summed E-state index contributed by atoms with van der Waals surface area (Å²) in [6, 6.07) is 10.5. The molecule has 26 heavy (non-hydrogen) atoms. The van der Waals surface area contributed by atoms with Gasteiger partial charge in [0.1, 0.15) is 0 Å². The first-order valence-electron chi connectivity index (χ1n) is 9.04. The van der Waals surface area contributed by atoms with E-state index in [9.17, 15) is 9.59 Å². The monoisotopic (exact) mass is 373 g/mol. The molecule has 2 heterocycles. The fraction of sp³-hybridized carbons (Fsp3) is 0.450. The van der Waals surface area contributed by atoms with Crippen LogP contribution >= 0.6 is 11.6 Å². The lowest BCUT2D eigenvalue weighted by Crippen LogP contribution is -2.43. The van der Waals surface area contributed by atoms with E-state index in [1.54, 1.807) is 18.2 Å². The molecule has 1 aliphatic heterocycles. The normalized spacial score (nSPS) is 20.2. The van der Waals surface area contributed by atoms with Crippen LogP contribution in [0.15, 0.2) is 41.2 Å². The summed E-state index contributed by atoms with van der Waals surface area (Å²) in [4.78, 5) is 26.6. The van der Waals surface area contributed by atoms with Crippen molar-refractivity contribution < 1.29 is 4.79 Å². The molecular weight excluding hydrogens is 350 g/mol. The van der Waals surface area contributed by atoms with Crippen molar-refractivity contribution in [3.05, 3.63) is 51.8 Å². The van der Waals surface area contributed by atoms with Gasteiger partial charge >= 0.3 is 0 Å². The number of aromatic nitrogens is 2. The number of hydrogen-bond donors (Lipinski definition) is 0. The number of carbonyl (C=O) groups is 1. The Kier molecular flexibility index (Phi) is 5.77. The SMILES string of the molecule is C[C@@H]1C[C@H](C)CN(C(=O)CCn2nc(-c3ccc(Cl)cc3)ccc2=O)C1. The quantitative estimate of drug-likeness (QED) is 0.824. The lowest BCUT2D eigenvalue weighted by molar-refractivity contribution is -0.134. The summed E-state index contributed by atoms with van der Waals surface area (Å²) >= 11 is 5.92. The van der Waals surface area contributed by atoms with E-state index in [0.29, 0.717) is 29.1 Å². The van der Waals surface area contributed by atoms with E-state index in [1.165, 1.54) is 10.7 Å². The molecule has 1 aromatic carbocycles. The van der Waals surface area contributed by atoms with Crippen molar-refractivity contribution in [2.24, 2.45) is 11.8 Å². The number of nitrogens with zero attached hydrogens (tertiary/aromatic N) is 3. The number of carbonyl (C=O) groups excluding carboxylic acids is 1. The Hall–Kier alpha value is -2.14. The molecule has 0 spiro atoms. The van der Waals surface area contributed by atoms with Gasteiger partial charge in [-0.2, -0.15) is 5.10 Å². The first kappa shape index (κ1) is 18.6. The van der Waals surface area contributed by atoms with Crippen molar-refractivity contribution in [1.29, 1.82) is 0 Å².